The lowest BCUT2D eigenvalue weighted by atomic mass is 10.1. The Morgan fingerprint density at radius 1 is 1.04 bits per heavy atom. The highest BCUT2D eigenvalue weighted by Crippen LogP contribution is 2.34. The lowest BCUT2D eigenvalue weighted by molar-refractivity contribution is 0.176. The van der Waals surface area contributed by atoms with E-state index in [0.717, 1.165) is 29.9 Å². The molecule has 0 amide bonds. The van der Waals surface area contributed by atoms with Crippen LogP contribution in [0.2, 0.25) is 0 Å². The van der Waals surface area contributed by atoms with Crippen LogP contribution in [0.1, 0.15) is 38.5 Å². The summed E-state index contributed by atoms with van der Waals surface area (Å²) in [7, 11) is 1.65. The van der Waals surface area contributed by atoms with E-state index in [-0.39, 0.29) is 11.7 Å². The van der Waals surface area contributed by atoms with Crippen LogP contribution in [-0.4, -0.2) is 23.4 Å². The summed E-state index contributed by atoms with van der Waals surface area (Å²) in [6, 6.07) is 8.91. The SMILES string of the molecule is COc1ccc(-c2ccc(=O)[nH]n2)cc1OC1CCCCCC1. The van der Waals surface area contributed by atoms with E-state index in [1.165, 1.54) is 31.7 Å². The zero-order chi connectivity index (χ0) is 16.1. The van der Waals surface area contributed by atoms with Gasteiger partial charge in [0.15, 0.2) is 11.5 Å². The van der Waals surface area contributed by atoms with E-state index in [0.29, 0.717) is 5.69 Å². The number of hydrogen-bond acceptors (Lipinski definition) is 4. The number of ether oxygens (including phenoxy) is 2. The molecule has 0 atom stereocenters. The van der Waals surface area contributed by atoms with Crippen LogP contribution >= 0.6 is 0 Å². The fraction of sp³-hybridized carbons (Fsp3) is 0.444. The van der Waals surface area contributed by atoms with Crippen molar-refractivity contribution in [3.63, 3.8) is 0 Å². The maximum absolute atomic E-state index is 11.2. The number of hydrogen-bond donors (Lipinski definition) is 1. The summed E-state index contributed by atoms with van der Waals surface area (Å²) in [6.45, 7) is 0. The fourth-order valence-corrected chi connectivity index (χ4v) is 2.97. The maximum Gasteiger partial charge on any atom is 0.264 e. The van der Waals surface area contributed by atoms with Crippen LogP contribution in [0, 0.1) is 0 Å². The first-order chi connectivity index (χ1) is 11.3. The van der Waals surface area contributed by atoms with Crippen LogP contribution in [0.3, 0.4) is 0 Å². The van der Waals surface area contributed by atoms with Gasteiger partial charge in [-0.25, -0.2) is 5.10 Å². The van der Waals surface area contributed by atoms with E-state index in [4.69, 9.17) is 9.47 Å². The summed E-state index contributed by atoms with van der Waals surface area (Å²) in [5, 5.41) is 6.53. The largest absolute Gasteiger partial charge is 0.493 e. The molecule has 5 nitrogen and oxygen atoms in total. The third-order valence-corrected chi connectivity index (χ3v) is 4.23. The molecule has 0 saturated heterocycles. The van der Waals surface area contributed by atoms with Crippen LogP contribution in [0.4, 0.5) is 0 Å². The highest BCUT2D eigenvalue weighted by atomic mass is 16.5. The Hall–Kier alpha value is -2.30. The molecular formula is C18H22N2O3. The molecule has 0 radical (unpaired) electrons. The Bertz CT molecular complexity index is 683. The quantitative estimate of drug-likeness (QED) is 0.877. The minimum Gasteiger partial charge on any atom is -0.493 e. The van der Waals surface area contributed by atoms with Gasteiger partial charge in [0.2, 0.25) is 0 Å². The highest BCUT2D eigenvalue weighted by molar-refractivity contribution is 5.63. The molecule has 2 aromatic rings. The topological polar surface area (TPSA) is 64.2 Å². The molecule has 1 saturated carbocycles. The third-order valence-electron chi connectivity index (χ3n) is 4.23. The second kappa shape index (κ2) is 7.31. The molecule has 1 fully saturated rings. The first-order valence-corrected chi connectivity index (χ1v) is 8.17. The summed E-state index contributed by atoms with van der Waals surface area (Å²) in [5.74, 6) is 1.47. The molecule has 1 aliphatic rings. The summed E-state index contributed by atoms with van der Waals surface area (Å²) in [6.07, 6.45) is 7.43. The summed E-state index contributed by atoms with van der Waals surface area (Å²) in [4.78, 5) is 11.2. The molecule has 0 unspecified atom stereocenters. The number of H-pyrrole nitrogens is 1. The lowest BCUT2D eigenvalue weighted by Crippen LogP contribution is -2.15. The van der Waals surface area contributed by atoms with Crippen LogP contribution < -0.4 is 15.0 Å². The van der Waals surface area contributed by atoms with Crippen LogP contribution in [0.15, 0.2) is 35.1 Å². The number of nitrogens with zero attached hydrogens (tertiary/aromatic N) is 1. The summed E-state index contributed by atoms with van der Waals surface area (Å²) in [5.41, 5.74) is 1.39. The molecule has 1 aliphatic carbocycles. The Kier molecular flexibility index (Phi) is 4.95. The Balaban J connectivity index is 1.86. The van der Waals surface area contributed by atoms with Crippen LogP contribution in [0.5, 0.6) is 11.5 Å². The van der Waals surface area contributed by atoms with Crippen molar-refractivity contribution in [1.29, 1.82) is 0 Å². The summed E-state index contributed by atoms with van der Waals surface area (Å²) < 4.78 is 11.6. The predicted octanol–water partition coefficient (Wildman–Crippen LogP) is 3.55. The normalized spacial score (nSPS) is 15.9. The van der Waals surface area contributed by atoms with Gasteiger partial charge in [-0.3, -0.25) is 4.79 Å². The molecule has 0 aliphatic heterocycles. The zero-order valence-electron chi connectivity index (χ0n) is 13.4. The van der Waals surface area contributed by atoms with Gasteiger partial charge in [-0.2, -0.15) is 5.10 Å². The first-order valence-electron chi connectivity index (χ1n) is 8.17. The van der Waals surface area contributed by atoms with E-state index in [2.05, 4.69) is 10.2 Å². The van der Waals surface area contributed by atoms with E-state index in [9.17, 15) is 4.79 Å². The van der Waals surface area contributed by atoms with Crippen molar-refractivity contribution in [3.05, 3.63) is 40.7 Å². The highest BCUT2D eigenvalue weighted by Gasteiger charge is 2.16. The number of nitrogens with one attached hydrogen (secondary N) is 1. The minimum atomic E-state index is -0.211. The van der Waals surface area contributed by atoms with E-state index >= 15 is 0 Å². The van der Waals surface area contributed by atoms with Crippen molar-refractivity contribution in [2.45, 2.75) is 44.6 Å². The van der Waals surface area contributed by atoms with E-state index < -0.39 is 0 Å². The van der Waals surface area contributed by atoms with E-state index in [1.54, 1.807) is 13.2 Å². The van der Waals surface area contributed by atoms with Gasteiger partial charge < -0.3 is 9.47 Å². The van der Waals surface area contributed by atoms with Crippen LogP contribution in [0.25, 0.3) is 11.3 Å². The Morgan fingerprint density at radius 2 is 1.83 bits per heavy atom. The Labute approximate surface area is 135 Å². The standard InChI is InChI=1S/C18H22N2O3/c1-22-16-10-8-13(15-9-11-18(21)20-19-15)12-17(16)23-14-6-4-2-3-5-7-14/h8-12,14H,2-7H2,1H3,(H,20,21). The molecule has 0 bridgehead atoms. The average Bonchev–Trinajstić information content (AvgIpc) is 2.84. The lowest BCUT2D eigenvalue weighted by Gasteiger charge is -2.19. The predicted molar refractivity (Wildman–Crippen MR) is 89.0 cm³/mol. The smallest absolute Gasteiger partial charge is 0.264 e. The van der Waals surface area contributed by atoms with Gasteiger partial charge in [0, 0.05) is 11.6 Å². The van der Waals surface area contributed by atoms with Gasteiger partial charge in [-0.05, 0) is 49.9 Å². The molecule has 23 heavy (non-hydrogen) atoms. The minimum absolute atomic E-state index is 0.211. The number of benzene rings is 1. The molecule has 5 heteroatoms. The molecule has 122 valence electrons. The van der Waals surface area contributed by atoms with Crippen molar-refractivity contribution in [3.8, 4) is 22.8 Å². The van der Waals surface area contributed by atoms with Crippen molar-refractivity contribution >= 4 is 0 Å². The van der Waals surface area contributed by atoms with Gasteiger partial charge in [0.05, 0.1) is 18.9 Å². The molecule has 1 heterocycles. The molecule has 3 rings (SSSR count). The number of aromatic nitrogens is 2. The van der Waals surface area contributed by atoms with Crippen LogP contribution in [-0.2, 0) is 0 Å². The van der Waals surface area contributed by atoms with Crippen molar-refractivity contribution < 1.29 is 9.47 Å². The molecule has 0 spiro atoms. The molecular weight excluding hydrogens is 292 g/mol. The molecule has 1 N–H and O–H groups in total. The van der Waals surface area contributed by atoms with Crippen molar-refractivity contribution in [2.24, 2.45) is 0 Å². The van der Waals surface area contributed by atoms with Crippen molar-refractivity contribution in [2.75, 3.05) is 7.11 Å². The zero-order valence-corrected chi connectivity index (χ0v) is 13.4. The van der Waals surface area contributed by atoms with E-state index in [1.807, 2.05) is 18.2 Å². The monoisotopic (exact) mass is 314 g/mol. The fourth-order valence-electron chi connectivity index (χ4n) is 2.97. The second-order valence-corrected chi connectivity index (χ2v) is 5.90. The number of aromatic amines is 1. The first kappa shape index (κ1) is 15.6. The van der Waals surface area contributed by atoms with Gasteiger partial charge in [0.1, 0.15) is 0 Å². The maximum atomic E-state index is 11.2. The molecule has 1 aromatic heterocycles. The van der Waals surface area contributed by atoms with Crippen molar-refractivity contribution in [1.82, 2.24) is 10.2 Å². The summed E-state index contributed by atoms with van der Waals surface area (Å²) >= 11 is 0. The van der Waals surface area contributed by atoms with Gasteiger partial charge in [0.25, 0.3) is 5.56 Å². The van der Waals surface area contributed by atoms with Gasteiger partial charge in [-0.1, -0.05) is 12.8 Å². The number of rotatable bonds is 4. The second-order valence-electron chi connectivity index (χ2n) is 5.90. The molecule has 1 aromatic carbocycles. The average molecular weight is 314 g/mol. The Morgan fingerprint density at radius 3 is 2.48 bits per heavy atom. The van der Waals surface area contributed by atoms with Gasteiger partial charge >= 0.3 is 0 Å². The van der Waals surface area contributed by atoms with Gasteiger partial charge in [-0.15, -0.1) is 0 Å². The number of methoxy groups -OCH3 is 1. The third kappa shape index (κ3) is 3.92.